The van der Waals surface area contributed by atoms with Gasteiger partial charge in [0, 0.05) is 0 Å². The van der Waals surface area contributed by atoms with Crippen molar-refractivity contribution in [3.8, 4) is 5.75 Å². The number of rotatable bonds is 3. The minimum absolute atomic E-state index is 0.173. The highest BCUT2D eigenvalue weighted by atomic mass is 19.1. The van der Waals surface area contributed by atoms with Gasteiger partial charge in [-0.05, 0) is 24.6 Å². The molecule has 14 heavy (non-hydrogen) atoms. The highest BCUT2D eigenvalue weighted by molar-refractivity contribution is 5.31. The molecule has 1 rings (SSSR count). The summed E-state index contributed by atoms with van der Waals surface area (Å²) in [5.41, 5.74) is 6.19. The standard InChI is InChI=1S/C10H14FNO2/c1-6(13)10(12)7-3-4-9(14-2)8(11)5-7/h3-6,10,13H,12H2,1-2H3/t6-,10-/m1/s1. The van der Waals surface area contributed by atoms with E-state index in [0.717, 1.165) is 0 Å². The number of benzene rings is 1. The van der Waals surface area contributed by atoms with Gasteiger partial charge in [0.2, 0.25) is 0 Å². The molecule has 0 spiro atoms. The highest BCUT2D eigenvalue weighted by Crippen LogP contribution is 2.22. The number of nitrogens with two attached hydrogens (primary N) is 1. The second-order valence-electron chi connectivity index (χ2n) is 3.16. The van der Waals surface area contributed by atoms with Gasteiger partial charge in [-0.1, -0.05) is 6.07 Å². The Morgan fingerprint density at radius 2 is 2.14 bits per heavy atom. The fourth-order valence-electron chi connectivity index (χ4n) is 1.17. The lowest BCUT2D eigenvalue weighted by Crippen LogP contribution is -2.23. The van der Waals surface area contributed by atoms with Crippen LogP contribution in [0.15, 0.2) is 18.2 Å². The topological polar surface area (TPSA) is 55.5 Å². The first-order valence-electron chi connectivity index (χ1n) is 4.33. The lowest BCUT2D eigenvalue weighted by Gasteiger charge is -2.15. The van der Waals surface area contributed by atoms with Crippen molar-refractivity contribution in [2.45, 2.75) is 19.1 Å². The molecule has 0 radical (unpaired) electrons. The lowest BCUT2D eigenvalue weighted by atomic mass is 10.0. The number of hydrogen-bond acceptors (Lipinski definition) is 3. The average Bonchev–Trinajstić information content (AvgIpc) is 2.16. The Labute approximate surface area is 82.3 Å². The van der Waals surface area contributed by atoms with Crippen molar-refractivity contribution in [2.24, 2.45) is 5.73 Å². The van der Waals surface area contributed by atoms with Crippen molar-refractivity contribution in [2.75, 3.05) is 7.11 Å². The molecule has 0 aliphatic rings. The van der Waals surface area contributed by atoms with E-state index in [1.165, 1.54) is 19.2 Å². The molecule has 0 aromatic heterocycles. The van der Waals surface area contributed by atoms with E-state index in [4.69, 9.17) is 10.5 Å². The van der Waals surface area contributed by atoms with Gasteiger partial charge in [-0.2, -0.15) is 0 Å². The first kappa shape index (κ1) is 10.9. The zero-order valence-electron chi connectivity index (χ0n) is 8.20. The van der Waals surface area contributed by atoms with E-state index in [-0.39, 0.29) is 5.75 Å². The van der Waals surface area contributed by atoms with Crippen LogP contribution >= 0.6 is 0 Å². The minimum Gasteiger partial charge on any atom is -0.494 e. The summed E-state index contributed by atoms with van der Waals surface area (Å²) in [5.74, 6) is -0.298. The van der Waals surface area contributed by atoms with E-state index < -0.39 is 18.0 Å². The number of hydrogen-bond donors (Lipinski definition) is 2. The normalized spacial score (nSPS) is 14.9. The SMILES string of the molecule is COc1ccc([C@H](N)[C@@H](C)O)cc1F. The van der Waals surface area contributed by atoms with Crippen molar-refractivity contribution >= 4 is 0 Å². The van der Waals surface area contributed by atoms with Crippen LogP contribution in [0.4, 0.5) is 4.39 Å². The van der Waals surface area contributed by atoms with Crippen LogP contribution in [0.2, 0.25) is 0 Å². The van der Waals surface area contributed by atoms with Gasteiger partial charge in [0.05, 0.1) is 19.3 Å². The van der Waals surface area contributed by atoms with E-state index in [1.54, 1.807) is 13.0 Å². The number of aliphatic hydroxyl groups excluding tert-OH is 1. The van der Waals surface area contributed by atoms with Gasteiger partial charge in [0.1, 0.15) is 0 Å². The van der Waals surface area contributed by atoms with Crippen LogP contribution in [0, 0.1) is 5.82 Å². The van der Waals surface area contributed by atoms with Crippen LogP contribution in [-0.4, -0.2) is 18.3 Å². The summed E-state index contributed by atoms with van der Waals surface area (Å²) in [6.07, 6.45) is -0.706. The van der Waals surface area contributed by atoms with Crippen molar-refractivity contribution in [3.05, 3.63) is 29.6 Å². The molecule has 0 unspecified atom stereocenters. The van der Waals surface area contributed by atoms with Crippen LogP contribution in [0.25, 0.3) is 0 Å². The molecule has 0 aliphatic heterocycles. The second-order valence-corrected chi connectivity index (χ2v) is 3.16. The first-order chi connectivity index (χ1) is 6.56. The number of halogens is 1. The Morgan fingerprint density at radius 3 is 2.57 bits per heavy atom. The molecule has 0 saturated carbocycles. The largest absolute Gasteiger partial charge is 0.494 e. The van der Waals surface area contributed by atoms with Crippen molar-refractivity contribution in [3.63, 3.8) is 0 Å². The van der Waals surface area contributed by atoms with E-state index >= 15 is 0 Å². The summed E-state index contributed by atoms with van der Waals surface area (Å²) in [6.45, 7) is 1.56. The maximum atomic E-state index is 13.2. The van der Waals surface area contributed by atoms with Crippen LogP contribution < -0.4 is 10.5 Å². The third-order valence-electron chi connectivity index (χ3n) is 2.08. The van der Waals surface area contributed by atoms with E-state index in [9.17, 15) is 9.50 Å². The van der Waals surface area contributed by atoms with E-state index in [2.05, 4.69) is 0 Å². The summed E-state index contributed by atoms with van der Waals surface area (Å²) in [6, 6.07) is 3.83. The molecule has 1 aromatic carbocycles. The molecule has 2 atom stereocenters. The molecule has 0 saturated heterocycles. The molecule has 3 nitrogen and oxygen atoms in total. The Balaban J connectivity index is 2.96. The van der Waals surface area contributed by atoms with Crippen LogP contribution in [0.5, 0.6) is 5.75 Å². The van der Waals surface area contributed by atoms with Gasteiger partial charge in [0.15, 0.2) is 11.6 Å². The first-order valence-corrected chi connectivity index (χ1v) is 4.33. The fourth-order valence-corrected chi connectivity index (χ4v) is 1.17. The van der Waals surface area contributed by atoms with Crippen LogP contribution in [0.3, 0.4) is 0 Å². The maximum Gasteiger partial charge on any atom is 0.165 e. The molecule has 4 heteroatoms. The van der Waals surface area contributed by atoms with E-state index in [1.807, 2.05) is 0 Å². The Kier molecular flexibility index (Phi) is 3.43. The molecule has 3 N–H and O–H groups in total. The highest BCUT2D eigenvalue weighted by Gasteiger charge is 2.13. The Bertz CT molecular complexity index is 315. The molecular formula is C10H14FNO2. The second kappa shape index (κ2) is 4.39. The average molecular weight is 199 g/mol. The lowest BCUT2D eigenvalue weighted by molar-refractivity contribution is 0.164. The van der Waals surface area contributed by atoms with Gasteiger partial charge in [-0.3, -0.25) is 0 Å². The molecule has 0 fully saturated rings. The van der Waals surface area contributed by atoms with Gasteiger partial charge >= 0.3 is 0 Å². The minimum atomic E-state index is -0.706. The van der Waals surface area contributed by atoms with Gasteiger partial charge in [-0.25, -0.2) is 4.39 Å². The Morgan fingerprint density at radius 1 is 1.50 bits per heavy atom. The quantitative estimate of drug-likeness (QED) is 0.769. The molecule has 1 aromatic rings. The van der Waals surface area contributed by atoms with Crippen LogP contribution in [0.1, 0.15) is 18.5 Å². The van der Waals surface area contributed by atoms with Crippen LogP contribution in [-0.2, 0) is 0 Å². The number of aliphatic hydroxyl groups is 1. The van der Waals surface area contributed by atoms with Crippen molar-refractivity contribution in [1.29, 1.82) is 0 Å². The summed E-state index contributed by atoms with van der Waals surface area (Å²) in [4.78, 5) is 0. The summed E-state index contributed by atoms with van der Waals surface area (Å²) < 4.78 is 18.0. The third-order valence-corrected chi connectivity index (χ3v) is 2.08. The monoisotopic (exact) mass is 199 g/mol. The van der Waals surface area contributed by atoms with Crippen molar-refractivity contribution < 1.29 is 14.2 Å². The number of ether oxygens (including phenoxy) is 1. The molecular weight excluding hydrogens is 185 g/mol. The van der Waals surface area contributed by atoms with Gasteiger partial charge < -0.3 is 15.6 Å². The smallest absolute Gasteiger partial charge is 0.165 e. The predicted molar refractivity (Wildman–Crippen MR) is 51.6 cm³/mol. The zero-order chi connectivity index (χ0) is 10.7. The molecule has 0 heterocycles. The number of methoxy groups -OCH3 is 1. The zero-order valence-corrected chi connectivity index (χ0v) is 8.20. The van der Waals surface area contributed by atoms with Crippen molar-refractivity contribution in [1.82, 2.24) is 0 Å². The summed E-state index contributed by atoms with van der Waals surface area (Å²) >= 11 is 0. The molecule has 0 bridgehead atoms. The maximum absolute atomic E-state index is 13.2. The summed E-state index contributed by atoms with van der Waals surface area (Å²) in [7, 11) is 1.40. The van der Waals surface area contributed by atoms with Gasteiger partial charge in [0.25, 0.3) is 0 Å². The molecule has 0 amide bonds. The third kappa shape index (κ3) is 2.21. The Hall–Kier alpha value is -1.13. The predicted octanol–water partition coefficient (Wildman–Crippen LogP) is 1.21. The fraction of sp³-hybridized carbons (Fsp3) is 0.400. The van der Waals surface area contributed by atoms with Gasteiger partial charge in [-0.15, -0.1) is 0 Å². The van der Waals surface area contributed by atoms with E-state index in [0.29, 0.717) is 5.56 Å². The summed E-state index contributed by atoms with van der Waals surface area (Å²) in [5, 5.41) is 9.21. The molecule has 0 aliphatic carbocycles. The molecule has 78 valence electrons.